The Morgan fingerprint density at radius 3 is 2.65 bits per heavy atom. The van der Waals surface area contributed by atoms with Crippen LogP contribution in [0.15, 0.2) is 67.3 Å². The Labute approximate surface area is 150 Å². The van der Waals surface area contributed by atoms with E-state index in [-0.39, 0.29) is 11.6 Å². The van der Waals surface area contributed by atoms with Crippen LogP contribution in [0.25, 0.3) is 6.08 Å². The van der Waals surface area contributed by atoms with E-state index in [0.717, 1.165) is 0 Å². The molecule has 2 aromatic carbocycles. The normalized spacial score (nSPS) is 10.3. The first-order valence-corrected chi connectivity index (χ1v) is 7.73. The standard InChI is InChI=1S/C19H17N3O4/c1-2-12-20-19(24)16-8-3-4-9-17(16)21-18(23)11-10-14-6-5-7-15(13-14)22(25)26/h2-11,13H,1,12H2,(H,20,24)(H,21,23)/b11-10+. The Kier molecular flexibility index (Phi) is 6.39. The molecule has 7 heteroatoms. The summed E-state index contributed by atoms with van der Waals surface area (Å²) in [6, 6.07) is 12.5. The van der Waals surface area contributed by atoms with Crippen LogP contribution in [-0.4, -0.2) is 23.3 Å². The van der Waals surface area contributed by atoms with Crippen LogP contribution in [0.4, 0.5) is 11.4 Å². The fourth-order valence-electron chi connectivity index (χ4n) is 2.14. The van der Waals surface area contributed by atoms with Gasteiger partial charge in [0.05, 0.1) is 16.2 Å². The average molecular weight is 351 g/mol. The third-order valence-electron chi connectivity index (χ3n) is 3.34. The first-order chi connectivity index (χ1) is 12.5. The van der Waals surface area contributed by atoms with E-state index >= 15 is 0 Å². The smallest absolute Gasteiger partial charge is 0.270 e. The number of amides is 2. The molecule has 0 spiro atoms. The van der Waals surface area contributed by atoms with Gasteiger partial charge < -0.3 is 10.6 Å². The van der Waals surface area contributed by atoms with Gasteiger partial charge in [-0.1, -0.05) is 30.3 Å². The van der Waals surface area contributed by atoms with Gasteiger partial charge in [-0.2, -0.15) is 0 Å². The Bertz CT molecular complexity index is 875. The number of benzene rings is 2. The number of para-hydroxylation sites is 1. The molecular formula is C19H17N3O4. The van der Waals surface area contributed by atoms with E-state index in [1.807, 2.05) is 0 Å². The Morgan fingerprint density at radius 2 is 1.92 bits per heavy atom. The summed E-state index contributed by atoms with van der Waals surface area (Å²) in [7, 11) is 0. The van der Waals surface area contributed by atoms with Gasteiger partial charge >= 0.3 is 0 Å². The summed E-state index contributed by atoms with van der Waals surface area (Å²) < 4.78 is 0. The second-order valence-corrected chi connectivity index (χ2v) is 5.22. The fraction of sp³-hybridized carbons (Fsp3) is 0.0526. The number of carbonyl (C=O) groups excluding carboxylic acids is 2. The van der Waals surface area contributed by atoms with Crippen LogP contribution in [-0.2, 0) is 4.79 Å². The van der Waals surface area contributed by atoms with E-state index in [0.29, 0.717) is 23.4 Å². The fourth-order valence-corrected chi connectivity index (χ4v) is 2.14. The maximum Gasteiger partial charge on any atom is 0.270 e. The number of nitrogens with zero attached hydrogens (tertiary/aromatic N) is 1. The van der Waals surface area contributed by atoms with Crippen LogP contribution < -0.4 is 10.6 Å². The quantitative estimate of drug-likeness (QED) is 0.346. The first kappa shape index (κ1) is 18.6. The van der Waals surface area contributed by atoms with Crippen molar-refractivity contribution in [2.24, 2.45) is 0 Å². The van der Waals surface area contributed by atoms with Crippen molar-refractivity contribution in [1.82, 2.24) is 5.32 Å². The molecule has 0 aliphatic heterocycles. The molecule has 0 aliphatic rings. The zero-order valence-electron chi connectivity index (χ0n) is 13.8. The van der Waals surface area contributed by atoms with Crippen LogP contribution in [0, 0.1) is 10.1 Å². The van der Waals surface area contributed by atoms with E-state index in [1.54, 1.807) is 36.4 Å². The molecule has 0 aromatic heterocycles. The number of nitro benzene ring substituents is 1. The minimum absolute atomic E-state index is 0.0585. The van der Waals surface area contributed by atoms with Crippen molar-refractivity contribution in [1.29, 1.82) is 0 Å². The molecule has 2 rings (SSSR count). The van der Waals surface area contributed by atoms with Gasteiger partial charge in [-0.05, 0) is 23.8 Å². The molecule has 2 amide bonds. The number of carbonyl (C=O) groups is 2. The van der Waals surface area contributed by atoms with E-state index in [4.69, 9.17) is 0 Å². The molecule has 26 heavy (non-hydrogen) atoms. The van der Waals surface area contributed by atoms with Crippen molar-refractivity contribution in [3.05, 3.63) is 88.5 Å². The van der Waals surface area contributed by atoms with Crippen molar-refractivity contribution in [3.63, 3.8) is 0 Å². The highest BCUT2D eigenvalue weighted by atomic mass is 16.6. The van der Waals surface area contributed by atoms with Gasteiger partial charge in [0.25, 0.3) is 11.6 Å². The summed E-state index contributed by atoms with van der Waals surface area (Å²) in [5.74, 6) is -0.788. The number of nitrogens with one attached hydrogen (secondary N) is 2. The predicted octanol–water partition coefficient (Wildman–Crippen LogP) is 3.16. The van der Waals surface area contributed by atoms with Gasteiger partial charge in [0.15, 0.2) is 0 Å². The monoisotopic (exact) mass is 351 g/mol. The van der Waals surface area contributed by atoms with Crippen molar-refractivity contribution in [2.75, 3.05) is 11.9 Å². The van der Waals surface area contributed by atoms with Crippen molar-refractivity contribution in [3.8, 4) is 0 Å². The molecule has 0 aliphatic carbocycles. The van der Waals surface area contributed by atoms with Crippen LogP contribution >= 0.6 is 0 Å². The average Bonchev–Trinajstić information content (AvgIpc) is 2.65. The molecule has 0 radical (unpaired) electrons. The number of nitro groups is 1. The van der Waals surface area contributed by atoms with E-state index in [1.165, 1.54) is 30.4 Å². The van der Waals surface area contributed by atoms with Crippen molar-refractivity contribution < 1.29 is 14.5 Å². The Hall–Kier alpha value is -3.74. The molecule has 0 bridgehead atoms. The lowest BCUT2D eigenvalue weighted by Crippen LogP contribution is -2.24. The molecule has 132 valence electrons. The van der Waals surface area contributed by atoms with Crippen molar-refractivity contribution >= 4 is 29.3 Å². The van der Waals surface area contributed by atoms with Gasteiger partial charge in [-0.3, -0.25) is 19.7 Å². The first-order valence-electron chi connectivity index (χ1n) is 7.73. The molecule has 2 N–H and O–H groups in total. The molecule has 0 saturated carbocycles. The highest BCUT2D eigenvalue weighted by Crippen LogP contribution is 2.16. The predicted molar refractivity (Wildman–Crippen MR) is 99.7 cm³/mol. The highest BCUT2D eigenvalue weighted by Gasteiger charge is 2.11. The topological polar surface area (TPSA) is 101 Å². The largest absolute Gasteiger partial charge is 0.349 e. The maximum absolute atomic E-state index is 12.1. The zero-order valence-corrected chi connectivity index (χ0v) is 13.8. The molecular weight excluding hydrogens is 334 g/mol. The summed E-state index contributed by atoms with van der Waals surface area (Å²) in [6.45, 7) is 3.84. The lowest BCUT2D eigenvalue weighted by atomic mass is 10.1. The summed E-state index contributed by atoms with van der Waals surface area (Å²) in [4.78, 5) is 34.5. The van der Waals surface area contributed by atoms with Crippen LogP contribution in [0.1, 0.15) is 15.9 Å². The van der Waals surface area contributed by atoms with Gasteiger partial charge in [0.1, 0.15) is 0 Å². The third kappa shape index (κ3) is 5.13. The van der Waals surface area contributed by atoms with Crippen LogP contribution in [0.3, 0.4) is 0 Å². The number of hydrogen-bond donors (Lipinski definition) is 2. The molecule has 2 aromatic rings. The Morgan fingerprint density at radius 1 is 1.15 bits per heavy atom. The molecule has 0 saturated heterocycles. The minimum Gasteiger partial charge on any atom is -0.349 e. The number of anilines is 1. The summed E-state index contributed by atoms with van der Waals surface area (Å²) in [5.41, 5.74) is 1.15. The lowest BCUT2D eigenvalue weighted by molar-refractivity contribution is -0.384. The molecule has 0 heterocycles. The van der Waals surface area contributed by atoms with Gasteiger partial charge in [0, 0.05) is 24.8 Å². The lowest BCUT2D eigenvalue weighted by Gasteiger charge is -2.09. The van der Waals surface area contributed by atoms with E-state index in [2.05, 4.69) is 17.2 Å². The number of non-ortho nitro benzene ring substituents is 1. The molecule has 7 nitrogen and oxygen atoms in total. The SMILES string of the molecule is C=CCNC(=O)c1ccccc1NC(=O)/C=C/c1cccc([N+](=O)[O-])c1. The number of rotatable bonds is 7. The van der Waals surface area contributed by atoms with E-state index < -0.39 is 10.8 Å². The maximum atomic E-state index is 12.1. The minimum atomic E-state index is -0.504. The van der Waals surface area contributed by atoms with Crippen LogP contribution in [0.5, 0.6) is 0 Å². The Balaban J connectivity index is 2.10. The van der Waals surface area contributed by atoms with Gasteiger partial charge in [0.2, 0.25) is 5.91 Å². The summed E-state index contributed by atoms with van der Waals surface area (Å²) >= 11 is 0. The molecule has 0 fully saturated rings. The molecule has 0 unspecified atom stereocenters. The van der Waals surface area contributed by atoms with Gasteiger partial charge in [-0.25, -0.2) is 0 Å². The third-order valence-corrected chi connectivity index (χ3v) is 3.34. The molecule has 0 atom stereocenters. The van der Waals surface area contributed by atoms with Crippen molar-refractivity contribution in [2.45, 2.75) is 0 Å². The highest BCUT2D eigenvalue weighted by molar-refractivity contribution is 6.07. The second kappa shape index (κ2) is 8.93. The van der Waals surface area contributed by atoms with Crippen LogP contribution in [0.2, 0.25) is 0 Å². The summed E-state index contributed by atoms with van der Waals surface area (Å²) in [6.07, 6.45) is 4.26. The second-order valence-electron chi connectivity index (χ2n) is 5.22. The zero-order chi connectivity index (χ0) is 18.9. The van der Waals surface area contributed by atoms with Gasteiger partial charge in [-0.15, -0.1) is 6.58 Å². The van der Waals surface area contributed by atoms with E-state index in [9.17, 15) is 19.7 Å². The summed E-state index contributed by atoms with van der Waals surface area (Å²) in [5, 5.41) is 16.0. The number of hydrogen-bond acceptors (Lipinski definition) is 4.